The Morgan fingerprint density at radius 1 is 1.34 bits per heavy atom. The first-order valence-corrected chi connectivity index (χ1v) is 13.1. The second kappa shape index (κ2) is 10.7. The molecule has 10 heteroatoms. The summed E-state index contributed by atoms with van der Waals surface area (Å²) in [5.41, 5.74) is 9.61. The lowest BCUT2D eigenvalue weighted by Gasteiger charge is -2.47. The van der Waals surface area contributed by atoms with Crippen molar-refractivity contribution in [2.45, 2.75) is 32.0 Å². The van der Waals surface area contributed by atoms with Gasteiger partial charge in [-0.25, -0.2) is 9.97 Å². The molecular formula is C28H31ClN6O3. The molecule has 0 aliphatic carbocycles. The third-order valence-electron chi connectivity index (χ3n) is 7.43. The summed E-state index contributed by atoms with van der Waals surface area (Å²) in [5, 5.41) is 11.9. The molecule has 2 aliphatic heterocycles. The van der Waals surface area contributed by atoms with Gasteiger partial charge in [0.2, 0.25) is 5.91 Å². The van der Waals surface area contributed by atoms with Crippen molar-refractivity contribution in [3.63, 3.8) is 0 Å². The van der Waals surface area contributed by atoms with Crippen molar-refractivity contribution in [2.75, 3.05) is 39.0 Å². The summed E-state index contributed by atoms with van der Waals surface area (Å²) in [6.45, 7) is 8.72. The van der Waals surface area contributed by atoms with Gasteiger partial charge >= 0.3 is 0 Å². The molecule has 0 radical (unpaired) electrons. The summed E-state index contributed by atoms with van der Waals surface area (Å²) >= 11 is 6.30. The van der Waals surface area contributed by atoms with Crippen molar-refractivity contribution in [2.24, 2.45) is 5.92 Å². The molecule has 0 saturated carbocycles. The van der Waals surface area contributed by atoms with E-state index in [1.54, 1.807) is 18.1 Å². The predicted molar refractivity (Wildman–Crippen MR) is 148 cm³/mol. The zero-order valence-electron chi connectivity index (χ0n) is 21.5. The maximum Gasteiger partial charge on any atom is 0.246 e. The normalized spacial score (nSPS) is 20.1. The molecule has 38 heavy (non-hydrogen) atoms. The smallest absolute Gasteiger partial charge is 0.246 e. The lowest BCUT2D eigenvalue weighted by Crippen LogP contribution is -2.61. The molecule has 4 heterocycles. The van der Waals surface area contributed by atoms with Crippen LogP contribution in [0.25, 0.3) is 22.2 Å². The Kier molecular flexibility index (Phi) is 7.30. The summed E-state index contributed by atoms with van der Waals surface area (Å²) in [6, 6.07) is 5.62. The van der Waals surface area contributed by atoms with E-state index in [9.17, 15) is 9.90 Å². The molecule has 1 aromatic carbocycles. The molecule has 2 aliphatic rings. The number of carbonyl (C=O) groups excluding carboxylic acids is 1. The van der Waals surface area contributed by atoms with E-state index in [2.05, 4.69) is 37.9 Å². The fourth-order valence-electron chi connectivity index (χ4n) is 5.45. The second-order valence-electron chi connectivity index (χ2n) is 9.61. The molecule has 0 spiro atoms. The molecule has 1 amide bonds. The van der Waals surface area contributed by atoms with Crippen LogP contribution in [0.3, 0.4) is 0 Å². The van der Waals surface area contributed by atoms with E-state index in [1.807, 2.05) is 19.1 Å². The quantitative estimate of drug-likeness (QED) is 0.382. The van der Waals surface area contributed by atoms with Crippen LogP contribution in [0.15, 0.2) is 37.2 Å². The number of nitrogen functional groups attached to an aromatic ring is 1. The first kappa shape index (κ1) is 26.0. The number of likely N-dealkylation sites (tertiary alicyclic amines) is 2. The molecule has 3 N–H and O–H groups in total. The largest absolute Gasteiger partial charge is 0.495 e. The summed E-state index contributed by atoms with van der Waals surface area (Å²) < 4.78 is 7.52. The molecule has 0 bridgehead atoms. The number of nitrogens with zero attached hydrogens (tertiary/aromatic N) is 5. The first-order chi connectivity index (χ1) is 18.4. The molecular weight excluding hydrogens is 504 g/mol. The number of β-amino-alcohol motifs (C(OH)–C–C–N with tert-alkyl or cyclic N) is 1. The van der Waals surface area contributed by atoms with Gasteiger partial charge in [-0.2, -0.15) is 0 Å². The highest BCUT2D eigenvalue weighted by molar-refractivity contribution is 6.32. The Labute approximate surface area is 226 Å². The highest BCUT2D eigenvalue weighted by Crippen LogP contribution is 2.39. The number of methoxy groups -OCH3 is 1. The van der Waals surface area contributed by atoms with Crippen LogP contribution < -0.4 is 10.5 Å². The average molecular weight is 535 g/mol. The van der Waals surface area contributed by atoms with Crippen LogP contribution in [-0.4, -0.2) is 80.8 Å². The van der Waals surface area contributed by atoms with Gasteiger partial charge in [0.15, 0.2) is 0 Å². The molecule has 3 aromatic rings. The Morgan fingerprint density at radius 2 is 2.13 bits per heavy atom. The van der Waals surface area contributed by atoms with Gasteiger partial charge in [0.25, 0.3) is 0 Å². The van der Waals surface area contributed by atoms with Crippen LogP contribution in [0.5, 0.6) is 5.75 Å². The van der Waals surface area contributed by atoms with Crippen molar-refractivity contribution >= 4 is 34.4 Å². The molecule has 9 nitrogen and oxygen atoms in total. The minimum absolute atomic E-state index is 0.0242. The van der Waals surface area contributed by atoms with E-state index in [0.717, 1.165) is 47.4 Å². The maximum atomic E-state index is 11.9. The number of benzene rings is 1. The monoisotopic (exact) mass is 534 g/mol. The molecule has 2 atom stereocenters. The lowest BCUT2D eigenvalue weighted by atomic mass is 9.91. The fourth-order valence-corrected chi connectivity index (χ4v) is 5.64. The molecule has 2 fully saturated rings. The highest BCUT2D eigenvalue weighted by Gasteiger charge is 2.38. The number of amides is 1. The van der Waals surface area contributed by atoms with Gasteiger partial charge in [0.05, 0.1) is 23.6 Å². The number of carbonyl (C=O) groups is 1. The number of halogens is 1. The van der Waals surface area contributed by atoms with Crippen molar-refractivity contribution in [1.29, 1.82) is 0 Å². The number of hydrogen-bond acceptors (Lipinski definition) is 7. The van der Waals surface area contributed by atoms with Crippen LogP contribution in [0.2, 0.25) is 5.02 Å². The van der Waals surface area contributed by atoms with E-state index in [0.29, 0.717) is 36.2 Å². The Hall–Kier alpha value is -3.58. The van der Waals surface area contributed by atoms with Gasteiger partial charge in [0.1, 0.15) is 29.2 Å². The van der Waals surface area contributed by atoms with E-state index in [1.165, 1.54) is 12.4 Å². The third kappa shape index (κ3) is 4.60. The topological polar surface area (TPSA) is 110 Å². The van der Waals surface area contributed by atoms with Crippen LogP contribution in [0.1, 0.15) is 19.0 Å². The molecule has 5 rings (SSSR count). The van der Waals surface area contributed by atoms with Crippen LogP contribution in [0.4, 0.5) is 5.82 Å². The van der Waals surface area contributed by atoms with Crippen LogP contribution in [0, 0.1) is 17.8 Å². The number of rotatable bonds is 5. The summed E-state index contributed by atoms with van der Waals surface area (Å²) in [7, 11) is 1.58. The molecule has 2 saturated heterocycles. The van der Waals surface area contributed by atoms with Gasteiger partial charge in [-0.05, 0) is 43.0 Å². The molecule has 198 valence electrons. The number of aliphatic hydroxyl groups is 1. The molecule has 2 aromatic heterocycles. The standard InChI is InChI=1S/C28H31ClN6O3/c1-4-24(37)33-11-10-20(22(36)15-33)34-13-17(14-34)6-9-21-25(18-7-8-19(29)23(12-18)38-3)26-27(30)31-16-32-28(26)35(21)5-2/h4,7-8,12,16-17,20,22,36H,1,5,10-11,13-15H2,2-3H3,(H2,30,31,32)/t20-,22+/m0/s1. The van der Waals surface area contributed by atoms with Gasteiger partial charge < -0.3 is 25.0 Å². The Morgan fingerprint density at radius 3 is 2.82 bits per heavy atom. The predicted octanol–water partition coefficient (Wildman–Crippen LogP) is 2.79. The van der Waals surface area contributed by atoms with E-state index in [4.69, 9.17) is 22.1 Å². The number of nitrogens with two attached hydrogens (primary N) is 1. The number of aromatic nitrogens is 3. The maximum absolute atomic E-state index is 11.9. The third-order valence-corrected chi connectivity index (χ3v) is 7.74. The van der Waals surface area contributed by atoms with Crippen LogP contribution >= 0.6 is 11.6 Å². The van der Waals surface area contributed by atoms with Gasteiger partial charge in [0, 0.05) is 50.2 Å². The van der Waals surface area contributed by atoms with E-state index in [-0.39, 0.29) is 17.9 Å². The second-order valence-corrected chi connectivity index (χ2v) is 10.0. The lowest BCUT2D eigenvalue weighted by molar-refractivity contribution is -0.132. The number of piperidine rings is 1. The molecule has 0 unspecified atom stereocenters. The average Bonchev–Trinajstić information content (AvgIpc) is 3.22. The number of aliphatic hydroxyl groups excluding tert-OH is 1. The number of anilines is 1. The number of aryl methyl sites for hydroxylation is 1. The minimum atomic E-state index is -0.586. The van der Waals surface area contributed by atoms with E-state index >= 15 is 0 Å². The first-order valence-electron chi connectivity index (χ1n) is 12.7. The van der Waals surface area contributed by atoms with Crippen molar-refractivity contribution in [1.82, 2.24) is 24.3 Å². The zero-order valence-corrected chi connectivity index (χ0v) is 22.3. The van der Waals surface area contributed by atoms with E-state index < -0.39 is 6.10 Å². The summed E-state index contributed by atoms with van der Waals surface area (Å²) in [5.74, 6) is 7.84. The number of hydrogen-bond donors (Lipinski definition) is 2. The Bertz CT molecular complexity index is 1450. The van der Waals surface area contributed by atoms with Crippen LogP contribution in [-0.2, 0) is 11.3 Å². The van der Waals surface area contributed by atoms with Gasteiger partial charge in [-0.3, -0.25) is 9.69 Å². The highest BCUT2D eigenvalue weighted by atomic mass is 35.5. The minimum Gasteiger partial charge on any atom is -0.495 e. The SMILES string of the molecule is C=CC(=O)N1CC[C@H](N2CC(C#Cc3c(-c4ccc(Cl)c(OC)c4)c4c(N)ncnc4n3CC)C2)[C@H](O)C1. The van der Waals surface area contributed by atoms with Crippen molar-refractivity contribution < 1.29 is 14.6 Å². The fraction of sp³-hybridized carbons (Fsp3) is 0.393. The van der Waals surface area contributed by atoms with Gasteiger partial charge in [-0.15, -0.1) is 0 Å². The van der Waals surface area contributed by atoms with Crippen molar-refractivity contribution in [3.05, 3.63) is 47.9 Å². The Balaban J connectivity index is 1.43. The van der Waals surface area contributed by atoms with Gasteiger partial charge in [-0.1, -0.05) is 30.2 Å². The number of ether oxygens (including phenoxy) is 1. The number of fused-ring (bicyclic) bond motifs is 1. The zero-order chi connectivity index (χ0) is 27.0. The van der Waals surface area contributed by atoms with Crippen molar-refractivity contribution in [3.8, 4) is 28.7 Å². The summed E-state index contributed by atoms with van der Waals surface area (Å²) in [6.07, 6.45) is 2.91. The summed E-state index contributed by atoms with van der Waals surface area (Å²) in [4.78, 5) is 24.6.